The van der Waals surface area contributed by atoms with Crippen molar-refractivity contribution in [2.45, 2.75) is 32.8 Å². The molecule has 0 bridgehead atoms. The highest BCUT2D eigenvalue weighted by Crippen LogP contribution is 2.17. The van der Waals surface area contributed by atoms with Gasteiger partial charge in [0, 0.05) is 17.7 Å². The number of nitrogen functional groups attached to an aromatic ring is 1. The summed E-state index contributed by atoms with van der Waals surface area (Å²) in [5.74, 6) is 2.20. The zero-order chi connectivity index (χ0) is 13.0. The van der Waals surface area contributed by atoms with Crippen molar-refractivity contribution in [1.29, 1.82) is 0 Å². The first-order valence-corrected chi connectivity index (χ1v) is 6.00. The van der Waals surface area contributed by atoms with Crippen LogP contribution in [0.1, 0.15) is 37.9 Å². The predicted octanol–water partition coefficient (Wildman–Crippen LogP) is 2.74. The fourth-order valence-corrected chi connectivity index (χ4v) is 1.46. The SMILES string of the molecule is CCC(C)c1noc(COc2cccc(N)c2)n1. The van der Waals surface area contributed by atoms with Gasteiger partial charge in [0.15, 0.2) is 12.4 Å². The van der Waals surface area contributed by atoms with Crippen LogP contribution in [0.15, 0.2) is 28.8 Å². The molecule has 1 unspecified atom stereocenters. The zero-order valence-electron chi connectivity index (χ0n) is 10.6. The lowest BCUT2D eigenvalue weighted by Gasteiger charge is -2.03. The number of hydrogen-bond acceptors (Lipinski definition) is 5. The Morgan fingerprint density at radius 2 is 2.28 bits per heavy atom. The molecule has 96 valence electrons. The van der Waals surface area contributed by atoms with E-state index < -0.39 is 0 Å². The maximum absolute atomic E-state index is 5.66. The maximum Gasteiger partial charge on any atom is 0.264 e. The number of anilines is 1. The Morgan fingerprint density at radius 3 is 3.00 bits per heavy atom. The number of nitrogens with zero attached hydrogens (tertiary/aromatic N) is 2. The molecule has 0 amide bonds. The second-order valence-electron chi connectivity index (χ2n) is 4.22. The van der Waals surface area contributed by atoms with Gasteiger partial charge in [0.25, 0.3) is 5.89 Å². The first kappa shape index (κ1) is 12.4. The Bertz CT molecular complexity index is 510. The highest BCUT2D eigenvalue weighted by atomic mass is 16.5. The molecule has 1 aromatic heterocycles. The lowest BCUT2D eigenvalue weighted by atomic mass is 10.1. The van der Waals surface area contributed by atoms with Crippen LogP contribution in [0.4, 0.5) is 5.69 Å². The van der Waals surface area contributed by atoms with E-state index in [2.05, 4.69) is 24.0 Å². The minimum atomic E-state index is 0.257. The summed E-state index contributed by atoms with van der Waals surface area (Å²) in [7, 11) is 0. The standard InChI is InChI=1S/C13H17N3O2/c1-3-9(2)13-15-12(18-16-13)8-17-11-6-4-5-10(14)7-11/h4-7,9H,3,8,14H2,1-2H3. The Labute approximate surface area is 106 Å². The Kier molecular flexibility index (Phi) is 3.82. The molecule has 0 aliphatic carbocycles. The van der Waals surface area contributed by atoms with E-state index in [1.807, 2.05) is 12.1 Å². The van der Waals surface area contributed by atoms with Crippen LogP contribution in [0.2, 0.25) is 0 Å². The van der Waals surface area contributed by atoms with E-state index in [0.29, 0.717) is 23.2 Å². The van der Waals surface area contributed by atoms with Gasteiger partial charge in [-0.25, -0.2) is 0 Å². The molecule has 0 aliphatic heterocycles. The van der Waals surface area contributed by atoms with E-state index >= 15 is 0 Å². The Hall–Kier alpha value is -2.04. The van der Waals surface area contributed by atoms with Crippen LogP contribution in [0.25, 0.3) is 0 Å². The number of ether oxygens (including phenoxy) is 1. The average Bonchev–Trinajstić information content (AvgIpc) is 2.84. The molecule has 0 spiro atoms. The zero-order valence-corrected chi connectivity index (χ0v) is 10.6. The normalized spacial score (nSPS) is 12.3. The van der Waals surface area contributed by atoms with E-state index in [1.54, 1.807) is 12.1 Å². The van der Waals surface area contributed by atoms with Crippen molar-refractivity contribution in [3.63, 3.8) is 0 Å². The molecule has 0 aliphatic rings. The molecule has 5 nitrogen and oxygen atoms in total. The van der Waals surface area contributed by atoms with E-state index in [-0.39, 0.29) is 6.61 Å². The van der Waals surface area contributed by atoms with Crippen molar-refractivity contribution in [3.8, 4) is 5.75 Å². The summed E-state index contributed by atoms with van der Waals surface area (Å²) in [6.45, 7) is 4.41. The van der Waals surface area contributed by atoms with Gasteiger partial charge in [-0.1, -0.05) is 25.1 Å². The Morgan fingerprint density at radius 1 is 1.44 bits per heavy atom. The van der Waals surface area contributed by atoms with Crippen molar-refractivity contribution < 1.29 is 9.26 Å². The molecule has 5 heteroatoms. The second kappa shape index (κ2) is 5.53. The van der Waals surface area contributed by atoms with Crippen molar-refractivity contribution >= 4 is 5.69 Å². The summed E-state index contributed by atoms with van der Waals surface area (Å²) in [6.07, 6.45) is 0.981. The van der Waals surface area contributed by atoms with Crippen LogP contribution >= 0.6 is 0 Å². The lowest BCUT2D eigenvalue weighted by molar-refractivity contribution is 0.242. The molecule has 1 aromatic carbocycles. The quantitative estimate of drug-likeness (QED) is 0.822. The third kappa shape index (κ3) is 3.00. The molecule has 2 aromatic rings. The molecule has 0 radical (unpaired) electrons. The van der Waals surface area contributed by atoms with Crippen LogP contribution in [0.5, 0.6) is 5.75 Å². The molecular formula is C13H17N3O2. The van der Waals surface area contributed by atoms with Crippen molar-refractivity contribution in [1.82, 2.24) is 10.1 Å². The van der Waals surface area contributed by atoms with Crippen molar-refractivity contribution in [2.75, 3.05) is 5.73 Å². The summed E-state index contributed by atoms with van der Waals surface area (Å²) < 4.78 is 10.6. The van der Waals surface area contributed by atoms with E-state index in [0.717, 1.165) is 12.2 Å². The van der Waals surface area contributed by atoms with Gasteiger partial charge in [-0.2, -0.15) is 4.98 Å². The van der Waals surface area contributed by atoms with Crippen LogP contribution in [-0.2, 0) is 6.61 Å². The number of benzene rings is 1. The second-order valence-corrected chi connectivity index (χ2v) is 4.22. The highest BCUT2D eigenvalue weighted by molar-refractivity contribution is 5.43. The van der Waals surface area contributed by atoms with E-state index in [1.165, 1.54) is 0 Å². The van der Waals surface area contributed by atoms with E-state index in [4.69, 9.17) is 15.0 Å². The molecule has 1 heterocycles. The minimum Gasteiger partial charge on any atom is -0.484 e. The molecule has 2 rings (SSSR count). The summed E-state index contributed by atoms with van der Waals surface area (Å²) in [6, 6.07) is 7.23. The van der Waals surface area contributed by atoms with Crippen LogP contribution in [0, 0.1) is 0 Å². The fraction of sp³-hybridized carbons (Fsp3) is 0.385. The van der Waals surface area contributed by atoms with Gasteiger partial charge in [-0.3, -0.25) is 0 Å². The first-order valence-electron chi connectivity index (χ1n) is 6.00. The maximum atomic E-state index is 5.66. The third-order valence-corrected chi connectivity index (χ3v) is 2.76. The van der Waals surface area contributed by atoms with Gasteiger partial charge in [-0.15, -0.1) is 0 Å². The van der Waals surface area contributed by atoms with Gasteiger partial charge < -0.3 is 15.0 Å². The number of rotatable bonds is 5. The molecule has 0 saturated carbocycles. The van der Waals surface area contributed by atoms with Gasteiger partial charge in [0.05, 0.1) is 0 Å². The van der Waals surface area contributed by atoms with Crippen molar-refractivity contribution in [3.05, 3.63) is 36.0 Å². The molecule has 1 atom stereocenters. The summed E-state index contributed by atoms with van der Waals surface area (Å²) in [5, 5.41) is 3.93. The molecular weight excluding hydrogens is 230 g/mol. The minimum absolute atomic E-state index is 0.257. The smallest absolute Gasteiger partial charge is 0.264 e. The van der Waals surface area contributed by atoms with Gasteiger partial charge >= 0.3 is 0 Å². The fourth-order valence-electron chi connectivity index (χ4n) is 1.46. The van der Waals surface area contributed by atoms with E-state index in [9.17, 15) is 0 Å². The van der Waals surface area contributed by atoms with Crippen molar-refractivity contribution in [2.24, 2.45) is 0 Å². The third-order valence-electron chi connectivity index (χ3n) is 2.76. The average molecular weight is 247 g/mol. The largest absolute Gasteiger partial charge is 0.484 e. The molecule has 18 heavy (non-hydrogen) atoms. The molecule has 0 saturated heterocycles. The number of nitrogens with two attached hydrogens (primary N) is 1. The first-order chi connectivity index (χ1) is 8.69. The summed E-state index contributed by atoms with van der Waals surface area (Å²) in [5.41, 5.74) is 6.32. The van der Waals surface area contributed by atoms with Gasteiger partial charge in [-0.05, 0) is 18.6 Å². The van der Waals surface area contributed by atoms with Crippen LogP contribution in [-0.4, -0.2) is 10.1 Å². The topological polar surface area (TPSA) is 74.2 Å². The number of aromatic nitrogens is 2. The summed E-state index contributed by atoms with van der Waals surface area (Å²) in [4.78, 5) is 4.28. The Balaban J connectivity index is 1.96. The van der Waals surface area contributed by atoms with Gasteiger partial charge in [0.2, 0.25) is 0 Å². The van der Waals surface area contributed by atoms with Crippen LogP contribution in [0.3, 0.4) is 0 Å². The molecule has 0 fully saturated rings. The van der Waals surface area contributed by atoms with Gasteiger partial charge in [0.1, 0.15) is 5.75 Å². The summed E-state index contributed by atoms with van der Waals surface area (Å²) >= 11 is 0. The lowest BCUT2D eigenvalue weighted by Crippen LogP contribution is -1.98. The van der Waals surface area contributed by atoms with Crippen LogP contribution < -0.4 is 10.5 Å². The monoisotopic (exact) mass is 247 g/mol. The highest BCUT2D eigenvalue weighted by Gasteiger charge is 2.12. The number of hydrogen-bond donors (Lipinski definition) is 1. The predicted molar refractivity (Wildman–Crippen MR) is 68.2 cm³/mol. The molecule has 2 N–H and O–H groups in total.